The predicted molar refractivity (Wildman–Crippen MR) is 101 cm³/mol. The van der Waals surface area contributed by atoms with E-state index in [1.54, 1.807) is 0 Å². The third kappa shape index (κ3) is 3.92. The van der Waals surface area contributed by atoms with E-state index < -0.39 is 8.32 Å². The number of fused-ring (bicyclic) bond motifs is 1. The molecule has 2 saturated carbocycles. The van der Waals surface area contributed by atoms with Crippen LogP contribution in [0.2, 0.25) is 18.1 Å². The fourth-order valence-corrected chi connectivity index (χ4v) is 5.71. The molecular formula is C20H38O3Si. The van der Waals surface area contributed by atoms with E-state index in [0.29, 0.717) is 16.6 Å². The predicted octanol–water partition coefficient (Wildman–Crippen LogP) is 5.50. The van der Waals surface area contributed by atoms with Crippen molar-refractivity contribution in [3.8, 4) is 0 Å². The van der Waals surface area contributed by atoms with Crippen LogP contribution in [0.4, 0.5) is 0 Å². The monoisotopic (exact) mass is 354 g/mol. The van der Waals surface area contributed by atoms with E-state index in [1.165, 1.54) is 44.9 Å². The van der Waals surface area contributed by atoms with Crippen LogP contribution in [-0.4, -0.2) is 33.9 Å². The first kappa shape index (κ1) is 18.9. The van der Waals surface area contributed by atoms with Gasteiger partial charge in [-0.15, -0.1) is 0 Å². The summed E-state index contributed by atoms with van der Waals surface area (Å²) in [5.74, 6) is 0.802. The number of hydrogen-bond acceptors (Lipinski definition) is 3. The van der Waals surface area contributed by atoms with Gasteiger partial charge in [0, 0.05) is 13.2 Å². The molecule has 4 unspecified atom stereocenters. The summed E-state index contributed by atoms with van der Waals surface area (Å²) in [6.07, 6.45) is 10.4. The molecule has 3 nitrogen and oxygen atoms in total. The molecule has 0 spiro atoms. The third-order valence-corrected chi connectivity index (χ3v) is 11.8. The van der Waals surface area contributed by atoms with Gasteiger partial charge < -0.3 is 13.9 Å². The van der Waals surface area contributed by atoms with Gasteiger partial charge in [-0.1, -0.05) is 27.2 Å². The lowest BCUT2D eigenvalue weighted by molar-refractivity contribution is -0.188. The molecule has 4 heteroatoms. The molecule has 0 N–H and O–H groups in total. The van der Waals surface area contributed by atoms with Gasteiger partial charge >= 0.3 is 0 Å². The fraction of sp³-hybridized carbons (Fsp3) is 1.00. The summed E-state index contributed by atoms with van der Waals surface area (Å²) in [5, 5.41) is 0.294. The van der Waals surface area contributed by atoms with Crippen molar-refractivity contribution in [2.45, 2.75) is 103 Å². The van der Waals surface area contributed by atoms with E-state index in [1.807, 2.05) is 0 Å². The third-order valence-electron chi connectivity index (χ3n) is 7.28. The second kappa shape index (κ2) is 7.01. The van der Waals surface area contributed by atoms with Gasteiger partial charge in [-0.3, -0.25) is 0 Å². The smallest absolute Gasteiger partial charge is 0.192 e. The van der Waals surface area contributed by atoms with E-state index in [2.05, 4.69) is 33.9 Å². The maximum atomic E-state index is 6.67. The van der Waals surface area contributed by atoms with Gasteiger partial charge in [-0.2, -0.15) is 0 Å². The van der Waals surface area contributed by atoms with Crippen LogP contribution in [0.3, 0.4) is 0 Å². The molecule has 24 heavy (non-hydrogen) atoms. The molecule has 3 fully saturated rings. The Kier molecular flexibility index (Phi) is 5.52. The second-order valence-corrected chi connectivity index (χ2v) is 14.8. The molecule has 1 heterocycles. The molecule has 3 rings (SSSR count). The van der Waals surface area contributed by atoms with Crippen LogP contribution in [0.15, 0.2) is 0 Å². The molecule has 140 valence electrons. The van der Waals surface area contributed by atoms with E-state index in [4.69, 9.17) is 13.9 Å². The van der Waals surface area contributed by atoms with Crippen molar-refractivity contribution in [3.05, 3.63) is 0 Å². The number of hydrogen-bond donors (Lipinski definition) is 0. The van der Waals surface area contributed by atoms with Crippen LogP contribution in [0.25, 0.3) is 0 Å². The zero-order valence-corrected chi connectivity index (χ0v) is 17.5. The highest BCUT2D eigenvalue weighted by Gasteiger charge is 2.52. The molecule has 2 aliphatic carbocycles. The Hall–Kier alpha value is 0.0969. The minimum atomic E-state index is -1.67. The Balaban J connectivity index is 1.59. The second-order valence-electron chi connectivity index (χ2n) is 9.99. The normalized spacial score (nSPS) is 37.6. The van der Waals surface area contributed by atoms with Gasteiger partial charge in [0.15, 0.2) is 14.6 Å². The highest BCUT2D eigenvalue weighted by atomic mass is 28.4. The molecule has 0 aromatic heterocycles. The van der Waals surface area contributed by atoms with Crippen molar-refractivity contribution in [1.29, 1.82) is 0 Å². The van der Waals surface area contributed by atoms with Gasteiger partial charge in [-0.25, -0.2) is 0 Å². The zero-order valence-electron chi connectivity index (χ0n) is 16.5. The van der Waals surface area contributed by atoms with Crippen molar-refractivity contribution in [2.75, 3.05) is 13.2 Å². The Morgan fingerprint density at radius 3 is 2.58 bits per heavy atom. The standard InChI is InChI=1S/C20H38O3Si/c1-19(2,3)24(4,5)22-15-20-11-8-9-16(20)13-17(14-20)23-18-10-6-7-12-21-18/h16-18H,6-15H2,1-5H3. The van der Waals surface area contributed by atoms with Crippen LogP contribution in [0, 0.1) is 11.3 Å². The SMILES string of the molecule is CC(C)(C)[Si](C)(C)OCC12CCCC1CC(OC1CCCCO1)C2. The Morgan fingerprint density at radius 2 is 1.92 bits per heavy atom. The van der Waals surface area contributed by atoms with Gasteiger partial charge in [0.25, 0.3) is 0 Å². The summed E-state index contributed by atoms with van der Waals surface area (Å²) in [6.45, 7) is 13.6. The molecule has 0 radical (unpaired) electrons. The van der Waals surface area contributed by atoms with Crippen molar-refractivity contribution in [3.63, 3.8) is 0 Å². The summed E-state index contributed by atoms with van der Waals surface area (Å²) < 4.78 is 18.8. The highest BCUT2D eigenvalue weighted by Crippen LogP contribution is 2.56. The summed E-state index contributed by atoms with van der Waals surface area (Å²) in [5.41, 5.74) is 0.384. The first-order chi connectivity index (χ1) is 11.2. The lowest BCUT2D eigenvalue weighted by Gasteiger charge is -2.40. The van der Waals surface area contributed by atoms with Crippen LogP contribution < -0.4 is 0 Å². The first-order valence-electron chi connectivity index (χ1n) is 10.1. The van der Waals surface area contributed by atoms with Gasteiger partial charge in [0.05, 0.1) is 6.10 Å². The summed E-state index contributed by atoms with van der Waals surface area (Å²) in [7, 11) is -1.67. The van der Waals surface area contributed by atoms with Gasteiger partial charge in [-0.05, 0) is 74.4 Å². The molecule has 0 aromatic carbocycles. The first-order valence-corrected chi connectivity index (χ1v) is 13.0. The molecule has 3 aliphatic rings. The molecule has 0 bridgehead atoms. The number of rotatable bonds is 5. The van der Waals surface area contributed by atoms with E-state index in [-0.39, 0.29) is 6.29 Å². The van der Waals surface area contributed by atoms with Crippen molar-refractivity contribution in [1.82, 2.24) is 0 Å². The molecule has 1 aliphatic heterocycles. The van der Waals surface area contributed by atoms with Crippen molar-refractivity contribution >= 4 is 8.32 Å². The minimum Gasteiger partial charge on any atom is -0.416 e. The van der Waals surface area contributed by atoms with E-state index in [0.717, 1.165) is 25.6 Å². The van der Waals surface area contributed by atoms with E-state index in [9.17, 15) is 0 Å². The maximum Gasteiger partial charge on any atom is 0.192 e. The fourth-order valence-electron chi connectivity index (χ4n) is 4.63. The Labute approximate surface area is 150 Å². The van der Waals surface area contributed by atoms with Crippen LogP contribution in [0.1, 0.15) is 72.1 Å². The molecule has 0 aromatic rings. The van der Waals surface area contributed by atoms with Gasteiger partial charge in [0.2, 0.25) is 0 Å². The van der Waals surface area contributed by atoms with Crippen LogP contribution in [-0.2, 0) is 13.9 Å². The average molecular weight is 355 g/mol. The van der Waals surface area contributed by atoms with Crippen molar-refractivity contribution < 1.29 is 13.9 Å². The largest absolute Gasteiger partial charge is 0.416 e. The lowest BCUT2D eigenvalue weighted by atomic mass is 9.81. The average Bonchev–Trinajstić information content (AvgIpc) is 3.02. The zero-order chi connectivity index (χ0) is 17.4. The summed E-state index contributed by atoms with van der Waals surface area (Å²) in [4.78, 5) is 0. The number of ether oxygens (including phenoxy) is 2. The van der Waals surface area contributed by atoms with Crippen LogP contribution >= 0.6 is 0 Å². The molecular weight excluding hydrogens is 316 g/mol. The molecule has 4 atom stereocenters. The summed E-state index contributed by atoms with van der Waals surface area (Å²) >= 11 is 0. The van der Waals surface area contributed by atoms with Crippen LogP contribution in [0.5, 0.6) is 0 Å². The van der Waals surface area contributed by atoms with E-state index >= 15 is 0 Å². The van der Waals surface area contributed by atoms with Crippen molar-refractivity contribution in [2.24, 2.45) is 11.3 Å². The minimum absolute atomic E-state index is 0.0564. The Bertz CT molecular complexity index is 425. The quantitative estimate of drug-likeness (QED) is 0.610. The topological polar surface area (TPSA) is 27.7 Å². The highest BCUT2D eigenvalue weighted by molar-refractivity contribution is 6.74. The molecule has 0 amide bonds. The Morgan fingerprint density at radius 1 is 1.12 bits per heavy atom. The van der Waals surface area contributed by atoms with Gasteiger partial charge in [0.1, 0.15) is 0 Å². The summed E-state index contributed by atoms with van der Waals surface area (Å²) in [6, 6.07) is 0. The maximum absolute atomic E-state index is 6.67. The lowest BCUT2D eigenvalue weighted by Crippen LogP contribution is -2.44. The molecule has 1 saturated heterocycles.